The van der Waals surface area contributed by atoms with Gasteiger partial charge in [0.25, 0.3) is 0 Å². The molecular weight excluding hydrogens is 393 g/mol. The van der Waals surface area contributed by atoms with Crippen LogP contribution in [0.5, 0.6) is 0 Å². The lowest BCUT2D eigenvalue weighted by atomic mass is 10.1. The van der Waals surface area contributed by atoms with Crippen molar-refractivity contribution in [3.05, 3.63) is 48.7 Å². The number of anilines is 2. The molecule has 1 saturated heterocycles. The second-order valence-corrected chi connectivity index (χ2v) is 6.70. The van der Waals surface area contributed by atoms with E-state index in [4.69, 9.17) is 10.5 Å². The van der Waals surface area contributed by atoms with E-state index in [9.17, 15) is 14.0 Å². The van der Waals surface area contributed by atoms with Crippen LogP contribution in [0.3, 0.4) is 0 Å². The molecule has 0 aliphatic carbocycles. The first kappa shape index (κ1) is 19.3. The van der Waals surface area contributed by atoms with Crippen molar-refractivity contribution >= 4 is 23.6 Å². The van der Waals surface area contributed by atoms with Crippen LogP contribution in [-0.2, 0) is 9.53 Å². The first-order valence-corrected chi connectivity index (χ1v) is 8.98. The average molecular weight is 411 g/mol. The highest BCUT2D eigenvalue weighted by Crippen LogP contribution is 2.29. The summed E-state index contributed by atoms with van der Waals surface area (Å²) in [5.74, 6) is -0.149. The van der Waals surface area contributed by atoms with Crippen LogP contribution in [-0.4, -0.2) is 56.5 Å². The number of benzene rings is 1. The van der Waals surface area contributed by atoms with E-state index in [0.29, 0.717) is 22.6 Å². The standard InChI is InChI=1S/C19H18FN7O3/c1-11(28)25(2)17-9-26(19(29)30-17)13-4-5-14(15(20)7-13)12-3-6-16(22-8-12)27-10-23-18(21)24-27/h3-8,10,17H,9H2,1-2H3,(H2,21,24)/t17-/m0/s1. The highest BCUT2D eigenvalue weighted by atomic mass is 19.1. The summed E-state index contributed by atoms with van der Waals surface area (Å²) in [5, 5.41) is 3.97. The number of nitrogen functional groups attached to an aromatic ring is 1. The van der Waals surface area contributed by atoms with Crippen LogP contribution in [0.1, 0.15) is 6.92 Å². The van der Waals surface area contributed by atoms with E-state index in [2.05, 4.69) is 15.1 Å². The summed E-state index contributed by atoms with van der Waals surface area (Å²) >= 11 is 0. The maximum absolute atomic E-state index is 14.8. The Morgan fingerprint density at radius 1 is 1.30 bits per heavy atom. The summed E-state index contributed by atoms with van der Waals surface area (Å²) in [6.07, 6.45) is 1.57. The van der Waals surface area contributed by atoms with Gasteiger partial charge in [0.15, 0.2) is 12.0 Å². The number of likely N-dealkylation sites (N-methyl/N-ethyl adjacent to an activating group) is 1. The van der Waals surface area contributed by atoms with Gasteiger partial charge in [-0.05, 0) is 30.3 Å². The Labute approximate surface area is 170 Å². The van der Waals surface area contributed by atoms with Crippen LogP contribution in [0, 0.1) is 5.82 Å². The second-order valence-electron chi connectivity index (χ2n) is 6.70. The minimum atomic E-state index is -0.722. The van der Waals surface area contributed by atoms with Crippen LogP contribution in [0.25, 0.3) is 16.9 Å². The Balaban J connectivity index is 1.55. The molecule has 2 N–H and O–H groups in total. The lowest BCUT2D eigenvalue weighted by Gasteiger charge is -2.20. The molecule has 1 aliphatic heterocycles. The van der Waals surface area contributed by atoms with Gasteiger partial charge in [-0.15, -0.1) is 5.10 Å². The lowest BCUT2D eigenvalue weighted by Crippen LogP contribution is -2.38. The number of pyridine rings is 1. The molecule has 10 nitrogen and oxygen atoms in total. The van der Waals surface area contributed by atoms with E-state index >= 15 is 0 Å². The molecular formula is C19H18FN7O3. The highest BCUT2D eigenvalue weighted by Gasteiger charge is 2.36. The molecule has 154 valence electrons. The molecule has 0 bridgehead atoms. The molecule has 1 atom stereocenters. The van der Waals surface area contributed by atoms with Gasteiger partial charge < -0.3 is 15.4 Å². The van der Waals surface area contributed by atoms with Gasteiger partial charge >= 0.3 is 6.09 Å². The zero-order chi connectivity index (χ0) is 21.4. The fourth-order valence-corrected chi connectivity index (χ4v) is 3.04. The monoisotopic (exact) mass is 411 g/mol. The SMILES string of the molecule is CC(=O)N(C)[C@@H]1CN(c2ccc(-c3ccc(-n4cnc(N)n4)nc3)c(F)c2)C(=O)O1. The van der Waals surface area contributed by atoms with Gasteiger partial charge in [-0.3, -0.25) is 9.69 Å². The number of cyclic esters (lactones) is 1. The molecule has 0 unspecified atom stereocenters. The fourth-order valence-electron chi connectivity index (χ4n) is 3.04. The van der Waals surface area contributed by atoms with Crippen molar-refractivity contribution < 1.29 is 18.7 Å². The molecule has 30 heavy (non-hydrogen) atoms. The van der Waals surface area contributed by atoms with Crippen molar-refractivity contribution in [3.63, 3.8) is 0 Å². The molecule has 3 heterocycles. The number of amides is 2. The number of nitrogens with two attached hydrogens (primary N) is 1. The Morgan fingerprint density at radius 2 is 2.10 bits per heavy atom. The number of carbonyl (C=O) groups excluding carboxylic acids is 2. The summed E-state index contributed by atoms with van der Waals surface area (Å²) in [7, 11) is 1.54. The number of rotatable bonds is 4. The van der Waals surface area contributed by atoms with Gasteiger partial charge in [-0.1, -0.05) is 0 Å². The van der Waals surface area contributed by atoms with Gasteiger partial charge in [0.05, 0.1) is 12.2 Å². The summed E-state index contributed by atoms with van der Waals surface area (Å²) in [4.78, 5) is 34.3. The number of hydrogen-bond donors (Lipinski definition) is 1. The van der Waals surface area contributed by atoms with Gasteiger partial charge in [-0.2, -0.15) is 0 Å². The number of aromatic nitrogens is 4. The molecule has 0 saturated carbocycles. The fraction of sp³-hybridized carbons (Fsp3) is 0.211. The first-order valence-electron chi connectivity index (χ1n) is 8.98. The molecule has 3 aromatic rings. The number of halogens is 1. The number of nitrogens with zero attached hydrogens (tertiary/aromatic N) is 6. The third kappa shape index (κ3) is 3.52. The summed E-state index contributed by atoms with van der Waals surface area (Å²) in [5.41, 5.74) is 6.70. The molecule has 1 aromatic carbocycles. The van der Waals surface area contributed by atoms with Gasteiger partial charge in [0, 0.05) is 31.3 Å². The van der Waals surface area contributed by atoms with Crippen molar-refractivity contribution in [2.24, 2.45) is 0 Å². The molecule has 2 aromatic heterocycles. The molecule has 1 aliphatic rings. The maximum Gasteiger partial charge on any atom is 0.416 e. The first-order chi connectivity index (χ1) is 14.3. The van der Waals surface area contributed by atoms with E-state index in [0.717, 1.165) is 0 Å². The average Bonchev–Trinajstić information content (AvgIpc) is 3.33. The van der Waals surface area contributed by atoms with E-state index in [1.165, 1.54) is 47.0 Å². The quantitative estimate of drug-likeness (QED) is 0.695. The van der Waals surface area contributed by atoms with Gasteiger partial charge in [-0.25, -0.2) is 23.8 Å². The normalized spacial score (nSPS) is 15.9. The van der Waals surface area contributed by atoms with Gasteiger partial charge in [0.1, 0.15) is 12.1 Å². The summed E-state index contributed by atoms with van der Waals surface area (Å²) < 4.78 is 21.4. The highest BCUT2D eigenvalue weighted by molar-refractivity contribution is 5.90. The zero-order valence-corrected chi connectivity index (χ0v) is 16.2. The van der Waals surface area contributed by atoms with E-state index in [-0.39, 0.29) is 18.4 Å². The minimum Gasteiger partial charge on any atom is -0.423 e. The maximum atomic E-state index is 14.8. The van der Waals surface area contributed by atoms with Crippen LogP contribution in [0.2, 0.25) is 0 Å². The number of ether oxygens (including phenoxy) is 1. The molecule has 2 amide bonds. The van der Waals surface area contributed by atoms with Crippen molar-refractivity contribution in [1.82, 2.24) is 24.6 Å². The smallest absolute Gasteiger partial charge is 0.416 e. The molecule has 11 heteroatoms. The number of hydrogen-bond acceptors (Lipinski definition) is 7. The Kier molecular flexibility index (Phi) is 4.78. The predicted octanol–water partition coefficient (Wildman–Crippen LogP) is 1.81. The van der Waals surface area contributed by atoms with Gasteiger partial charge in [0.2, 0.25) is 11.9 Å². The van der Waals surface area contributed by atoms with Crippen molar-refractivity contribution in [3.8, 4) is 16.9 Å². The van der Waals surface area contributed by atoms with Crippen molar-refractivity contribution in [2.45, 2.75) is 13.2 Å². The third-order valence-electron chi connectivity index (χ3n) is 4.79. The van der Waals surface area contributed by atoms with E-state index < -0.39 is 18.1 Å². The summed E-state index contributed by atoms with van der Waals surface area (Å²) in [6.45, 7) is 1.49. The summed E-state index contributed by atoms with van der Waals surface area (Å²) in [6, 6.07) is 7.78. The predicted molar refractivity (Wildman–Crippen MR) is 105 cm³/mol. The molecule has 0 spiro atoms. The molecule has 4 rings (SSSR count). The van der Waals surface area contributed by atoms with Crippen molar-refractivity contribution in [2.75, 3.05) is 24.2 Å². The molecule has 1 fully saturated rings. The zero-order valence-electron chi connectivity index (χ0n) is 16.2. The number of carbonyl (C=O) groups is 2. The van der Waals surface area contributed by atoms with Crippen molar-refractivity contribution in [1.29, 1.82) is 0 Å². The largest absolute Gasteiger partial charge is 0.423 e. The minimum absolute atomic E-state index is 0.116. The topological polar surface area (TPSA) is 119 Å². The van der Waals surface area contributed by atoms with Crippen LogP contribution in [0.15, 0.2) is 42.9 Å². The van der Waals surface area contributed by atoms with Crippen LogP contribution in [0.4, 0.5) is 20.8 Å². The van der Waals surface area contributed by atoms with E-state index in [1.807, 2.05) is 0 Å². The van der Waals surface area contributed by atoms with Crippen LogP contribution >= 0.6 is 0 Å². The Morgan fingerprint density at radius 3 is 2.70 bits per heavy atom. The van der Waals surface area contributed by atoms with Crippen LogP contribution < -0.4 is 10.6 Å². The van der Waals surface area contributed by atoms with E-state index in [1.54, 1.807) is 24.3 Å². The second kappa shape index (κ2) is 7.43. The third-order valence-corrected chi connectivity index (χ3v) is 4.79. The lowest BCUT2D eigenvalue weighted by molar-refractivity contribution is -0.134. The Bertz CT molecular complexity index is 1120. The Hall–Kier alpha value is -4.02. The molecule has 0 radical (unpaired) electrons.